The van der Waals surface area contributed by atoms with Gasteiger partial charge in [0.05, 0.1) is 0 Å². The minimum Gasteiger partial charge on any atom is -0.477 e. The molecule has 0 spiro atoms. The Morgan fingerprint density at radius 3 is 2.40 bits per heavy atom. The highest BCUT2D eigenvalue weighted by molar-refractivity contribution is 7.14. The number of carboxylic acid groups (broad SMARTS) is 1. The maximum Gasteiger partial charge on any atom is 0.345 e. The Labute approximate surface area is 179 Å². The summed E-state index contributed by atoms with van der Waals surface area (Å²) in [5.41, 5.74) is 2.27. The Hall–Kier alpha value is -2.87. The van der Waals surface area contributed by atoms with Gasteiger partial charge in [-0.25, -0.2) is 9.59 Å². The molecule has 2 aromatic rings. The summed E-state index contributed by atoms with van der Waals surface area (Å²) in [6.45, 7) is 0.952. The molecule has 1 saturated carbocycles. The summed E-state index contributed by atoms with van der Waals surface area (Å²) in [5, 5.41) is 14.9. The number of nitrogens with one attached hydrogen (secondary N) is 2. The first-order valence-corrected chi connectivity index (χ1v) is 11.1. The third-order valence-corrected chi connectivity index (χ3v) is 6.96. The number of thiophene rings is 1. The number of nitrogens with zero attached hydrogens (tertiary/aromatic N) is 1. The van der Waals surface area contributed by atoms with Gasteiger partial charge >= 0.3 is 12.0 Å². The average molecular weight is 428 g/mol. The van der Waals surface area contributed by atoms with Gasteiger partial charge in [0.1, 0.15) is 4.88 Å². The number of anilines is 2. The van der Waals surface area contributed by atoms with Crippen molar-refractivity contribution >= 4 is 40.6 Å². The molecule has 0 saturated heterocycles. The first kappa shape index (κ1) is 20.4. The van der Waals surface area contributed by atoms with E-state index in [1.807, 2.05) is 0 Å². The fraction of sp³-hybridized carbons (Fsp3) is 0.409. The molecule has 2 heterocycles. The fourth-order valence-corrected chi connectivity index (χ4v) is 5.14. The Kier molecular flexibility index (Phi) is 6.03. The quantitative estimate of drug-likeness (QED) is 0.652. The van der Waals surface area contributed by atoms with E-state index < -0.39 is 5.97 Å². The van der Waals surface area contributed by atoms with Crippen molar-refractivity contribution in [3.8, 4) is 0 Å². The van der Waals surface area contributed by atoms with Gasteiger partial charge in [0.2, 0.25) is 5.91 Å². The molecular weight excluding hydrogens is 402 g/mol. The van der Waals surface area contributed by atoms with Gasteiger partial charge < -0.3 is 20.6 Å². The van der Waals surface area contributed by atoms with Crippen molar-refractivity contribution in [3.05, 3.63) is 45.6 Å². The minimum absolute atomic E-state index is 0.0410. The Balaban J connectivity index is 1.30. The second-order valence-electron chi connectivity index (χ2n) is 7.95. The Bertz CT molecular complexity index is 948. The van der Waals surface area contributed by atoms with Crippen LogP contribution in [0.25, 0.3) is 0 Å². The minimum atomic E-state index is -0.930. The first-order chi connectivity index (χ1) is 14.5. The van der Waals surface area contributed by atoms with E-state index in [1.54, 1.807) is 35.2 Å². The number of fused-ring (bicyclic) bond motifs is 1. The molecule has 0 bridgehead atoms. The van der Waals surface area contributed by atoms with E-state index in [-0.39, 0.29) is 11.9 Å². The van der Waals surface area contributed by atoms with Gasteiger partial charge in [-0.1, -0.05) is 12.8 Å². The van der Waals surface area contributed by atoms with Gasteiger partial charge in [-0.2, -0.15) is 0 Å². The van der Waals surface area contributed by atoms with Crippen molar-refractivity contribution in [2.75, 3.05) is 17.2 Å². The summed E-state index contributed by atoms with van der Waals surface area (Å²) in [6.07, 6.45) is 5.95. The molecule has 30 heavy (non-hydrogen) atoms. The number of rotatable bonds is 5. The third-order valence-electron chi connectivity index (χ3n) is 5.73. The van der Waals surface area contributed by atoms with Gasteiger partial charge in [-0.05, 0) is 61.1 Å². The zero-order valence-electron chi connectivity index (χ0n) is 16.6. The molecule has 0 atom stereocenters. The molecule has 4 rings (SSSR count). The molecule has 0 radical (unpaired) electrons. The SMILES string of the molecule is O=C(CC1CCCC1)Nc1ccc(NC(=O)N2CCc3sc(C(=O)O)cc3C2)cc1. The van der Waals surface area contributed by atoms with Gasteiger partial charge in [0, 0.05) is 35.8 Å². The summed E-state index contributed by atoms with van der Waals surface area (Å²) >= 11 is 1.28. The lowest BCUT2D eigenvalue weighted by atomic mass is 10.0. The number of carboxylic acids is 1. The number of aromatic carboxylic acids is 1. The molecule has 1 aliphatic heterocycles. The number of urea groups is 1. The van der Waals surface area contributed by atoms with Crippen LogP contribution in [0, 0.1) is 5.92 Å². The van der Waals surface area contributed by atoms with E-state index in [1.165, 1.54) is 24.2 Å². The van der Waals surface area contributed by atoms with E-state index in [0.29, 0.717) is 42.4 Å². The summed E-state index contributed by atoms with van der Waals surface area (Å²) in [5.74, 6) is -0.386. The highest BCUT2D eigenvalue weighted by Gasteiger charge is 2.24. The van der Waals surface area contributed by atoms with Crippen LogP contribution in [0.15, 0.2) is 30.3 Å². The second-order valence-corrected chi connectivity index (χ2v) is 9.08. The van der Waals surface area contributed by atoms with E-state index in [2.05, 4.69) is 10.6 Å². The molecule has 2 aliphatic rings. The van der Waals surface area contributed by atoms with Crippen LogP contribution in [-0.2, 0) is 17.8 Å². The molecule has 8 heteroatoms. The molecule has 1 aromatic heterocycles. The number of carbonyl (C=O) groups excluding carboxylic acids is 2. The van der Waals surface area contributed by atoms with Crippen LogP contribution in [0.3, 0.4) is 0 Å². The van der Waals surface area contributed by atoms with Crippen LogP contribution >= 0.6 is 11.3 Å². The molecule has 1 fully saturated rings. The van der Waals surface area contributed by atoms with Crippen LogP contribution in [0.4, 0.5) is 16.2 Å². The van der Waals surface area contributed by atoms with Crippen LogP contribution in [0.1, 0.15) is 52.2 Å². The lowest BCUT2D eigenvalue weighted by Gasteiger charge is -2.27. The van der Waals surface area contributed by atoms with Crippen molar-refractivity contribution in [3.63, 3.8) is 0 Å². The largest absolute Gasteiger partial charge is 0.477 e. The summed E-state index contributed by atoms with van der Waals surface area (Å²) < 4.78 is 0. The van der Waals surface area contributed by atoms with Gasteiger partial charge in [0.25, 0.3) is 0 Å². The molecule has 3 amide bonds. The third kappa shape index (κ3) is 4.81. The van der Waals surface area contributed by atoms with Crippen LogP contribution in [-0.4, -0.2) is 34.5 Å². The van der Waals surface area contributed by atoms with Crippen LogP contribution < -0.4 is 10.6 Å². The van der Waals surface area contributed by atoms with E-state index in [0.717, 1.165) is 29.0 Å². The first-order valence-electron chi connectivity index (χ1n) is 10.3. The molecule has 7 nitrogen and oxygen atoms in total. The number of hydrogen-bond donors (Lipinski definition) is 3. The van der Waals surface area contributed by atoms with Crippen molar-refractivity contribution < 1.29 is 19.5 Å². The van der Waals surface area contributed by atoms with Crippen molar-refractivity contribution in [2.45, 2.75) is 45.1 Å². The molecule has 1 aromatic carbocycles. The monoisotopic (exact) mass is 427 g/mol. The normalized spacial score (nSPS) is 16.2. The predicted octanol–water partition coefficient (Wildman–Crippen LogP) is 4.56. The summed E-state index contributed by atoms with van der Waals surface area (Å²) in [7, 11) is 0. The van der Waals surface area contributed by atoms with Crippen molar-refractivity contribution in [2.24, 2.45) is 5.92 Å². The lowest BCUT2D eigenvalue weighted by molar-refractivity contribution is -0.117. The number of amides is 3. The molecule has 3 N–H and O–H groups in total. The topological polar surface area (TPSA) is 98.7 Å². The zero-order chi connectivity index (χ0) is 21.1. The number of hydrogen-bond acceptors (Lipinski definition) is 4. The molecule has 1 aliphatic carbocycles. The highest BCUT2D eigenvalue weighted by Crippen LogP contribution is 2.29. The predicted molar refractivity (Wildman–Crippen MR) is 116 cm³/mol. The van der Waals surface area contributed by atoms with Gasteiger partial charge in [-0.15, -0.1) is 11.3 Å². The maximum absolute atomic E-state index is 12.6. The van der Waals surface area contributed by atoms with Gasteiger partial charge in [0.15, 0.2) is 0 Å². The van der Waals surface area contributed by atoms with Gasteiger partial charge in [-0.3, -0.25) is 4.79 Å². The van der Waals surface area contributed by atoms with Crippen molar-refractivity contribution in [1.29, 1.82) is 0 Å². The maximum atomic E-state index is 12.6. The average Bonchev–Trinajstić information content (AvgIpc) is 3.38. The fourth-order valence-electron chi connectivity index (χ4n) is 4.14. The van der Waals surface area contributed by atoms with Crippen LogP contribution in [0.5, 0.6) is 0 Å². The lowest BCUT2D eigenvalue weighted by Crippen LogP contribution is -2.38. The van der Waals surface area contributed by atoms with E-state index >= 15 is 0 Å². The standard InChI is InChI=1S/C22H25N3O4S/c26-20(11-14-3-1-2-4-14)23-16-5-7-17(8-6-16)24-22(29)25-10-9-18-15(13-25)12-19(30-18)21(27)28/h5-8,12,14H,1-4,9-11,13H2,(H,23,26)(H,24,29)(H,27,28). The number of carbonyl (C=O) groups is 3. The van der Waals surface area contributed by atoms with E-state index in [4.69, 9.17) is 5.11 Å². The molecular formula is C22H25N3O4S. The summed E-state index contributed by atoms with van der Waals surface area (Å²) in [6, 6.07) is 8.55. The van der Waals surface area contributed by atoms with Crippen LogP contribution in [0.2, 0.25) is 0 Å². The van der Waals surface area contributed by atoms with Crippen molar-refractivity contribution in [1.82, 2.24) is 4.90 Å². The zero-order valence-corrected chi connectivity index (χ0v) is 17.5. The summed E-state index contributed by atoms with van der Waals surface area (Å²) in [4.78, 5) is 38.9. The Morgan fingerprint density at radius 1 is 1.07 bits per heavy atom. The smallest absolute Gasteiger partial charge is 0.345 e. The molecule has 158 valence electrons. The molecule has 0 unspecified atom stereocenters. The Morgan fingerprint density at radius 2 is 1.73 bits per heavy atom. The van der Waals surface area contributed by atoms with E-state index in [9.17, 15) is 14.4 Å². The second kappa shape index (κ2) is 8.87. The number of benzene rings is 1. The highest BCUT2D eigenvalue weighted by atomic mass is 32.1.